The number of alkyl halides is 5. The molecular weight excluding hydrogens is 425 g/mol. The molecule has 2 heterocycles. The minimum absolute atomic E-state index is 0.0264. The Balaban J connectivity index is 1.26. The molecule has 2 fully saturated rings. The summed E-state index contributed by atoms with van der Waals surface area (Å²) in [4.78, 5) is 28.0. The fourth-order valence-electron chi connectivity index (χ4n) is 3.77. The van der Waals surface area contributed by atoms with E-state index in [1.807, 2.05) is 0 Å². The van der Waals surface area contributed by atoms with Crippen LogP contribution in [0.3, 0.4) is 0 Å². The van der Waals surface area contributed by atoms with E-state index in [4.69, 9.17) is 0 Å². The Bertz CT molecular complexity index is 997. The van der Waals surface area contributed by atoms with Crippen LogP contribution in [0.15, 0.2) is 18.5 Å². The van der Waals surface area contributed by atoms with E-state index in [-0.39, 0.29) is 50.6 Å². The SMILES string of the molecule is O=C(CC1CC(F)(F)C1)NCc1cnn2cc(CNC(=O)C3CC3C(F)(F)F)nc2c1. The lowest BCUT2D eigenvalue weighted by atomic mass is 9.79. The second kappa shape index (κ2) is 7.72. The van der Waals surface area contributed by atoms with Gasteiger partial charge in [-0.15, -0.1) is 0 Å². The van der Waals surface area contributed by atoms with Gasteiger partial charge in [0.15, 0.2) is 5.65 Å². The van der Waals surface area contributed by atoms with E-state index in [1.54, 1.807) is 12.3 Å². The first kappa shape index (κ1) is 21.4. The summed E-state index contributed by atoms with van der Waals surface area (Å²) in [6.07, 6.45) is -1.98. The standard InChI is InChI=1S/C19H20F5N5O2/c20-18(21)4-10(5-18)2-16(30)25-6-11-1-15-28-12(9-29(15)27-7-11)8-26-17(31)13-3-14(13)19(22,23)24/h1,7,9-10,13-14H,2-6,8H2,(H,25,30)(H,26,31). The van der Waals surface area contributed by atoms with E-state index in [0.717, 1.165) is 0 Å². The third kappa shape index (κ3) is 5.10. The number of carbonyl (C=O) groups excluding carboxylic acids is 2. The Morgan fingerprint density at radius 3 is 2.58 bits per heavy atom. The summed E-state index contributed by atoms with van der Waals surface area (Å²) in [5.41, 5.74) is 1.51. The van der Waals surface area contributed by atoms with Gasteiger partial charge in [0.1, 0.15) is 0 Å². The second-order valence-corrected chi connectivity index (χ2v) is 8.22. The van der Waals surface area contributed by atoms with Crippen LogP contribution in [-0.4, -0.2) is 38.5 Å². The van der Waals surface area contributed by atoms with E-state index in [0.29, 0.717) is 16.9 Å². The number of nitrogens with one attached hydrogen (secondary N) is 2. The number of imidazole rings is 1. The Kier molecular flexibility index (Phi) is 5.34. The molecule has 0 aromatic carbocycles. The number of halogens is 5. The highest BCUT2D eigenvalue weighted by Crippen LogP contribution is 2.50. The van der Waals surface area contributed by atoms with Crippen LogP contribution < -0.4 is 10.6 Å². The molecule has 0 bridgehead atoms. The van der Waals surface area contributed by atoms with E-state index in [1.165, 1.54) is 10.7 Å². The number of rotatable bonds is 7. The lowest BCUT2D eigenvalue weighted by molar-refractivity contribution is -0.154. The third-order valence-corrected chi connectivity index (χ3v) is 5.56. The normalized spacial score (nSPS) is 22.7. The van der Waals surface area contributed by atoms with Gasteiger partial charge < -0.3 is 10.6 Å². The van der Waals surface area contributed by atoms with Crippen molar-refractivity contribution in [1.82, 2.24) is 25.2 Å². The van der Waals surface area contributed by atoms with Crippen LogP contribution in [0.25, 0.3) is 5.65 Å². The molecule has 0 radical (unpaired) electrons. The summed E-state index contributed by atoms with van der Waals surface area (Å²) in [7, 11) is 0. The number of hydrogen-bond donors (Lipinski definition) is 2. The first-order valence-electron chi connectivity index (χ1n) is 9.82. The molecule has 2 saturated carbocycles. The maximum absolute atomic E-state index is 12.8. The molecule has 2 amide bonds. The Hall–Kier alpha value is -2.79. The van der Waals surface area contributed by atoms with Gasteiger partial charge in [-0.2, -0.15) is 18.3 Å². The van der Waals surface area contributed by atoms with Gasteiger partial charge in [-0.05, 0) is 24.0 Å². The molecule has 7 nitrogen and oxygen atoms in total. The summed E-state index contributed by atoms with van der Waals surface area (Å²) in [5, 5.41) is 9.27. The van der Waals surface area contributed by atoms with Crippen LogP contribution in [0.4, 0.5) is 22.0 Å². The smallest absolute Gasteiger partial charge is 0.352 e. The van der Waals surface area contributed by atoms with Crippen molar-refractivity contribution in [2.24, 2.45) is 17.8 Å². The maximum Gasteiger partial charge on any atom is 0.392 e. The third-order valence-electron chi connectivity index (χ3n) is 5.56. The molecular formula is C19H20F5N5O2. The molecule has 2 N–H and O–H groups in total. The minimum atomic E-state index is -4.36. The monoisotopic (exact) mass is 445 g/mol. The van der Waals surface area contributed by atoms with Crippen molar-refractivity contribution in [3.8, 4) is 0 Å². The van der Waals surface area contributed by atoms with Gasteiger partial charge in [-0.3, -0.25) is 9.59 Å². The molecule has 2 aliphatic rings. The molecule has 2 aromatic heterocycles. The second-order valence-electron chi connectivity index (χ2n) is 8.22. The van der Waals surface area contributed by atoms with Gasteiger partial charge in [0.05, 0.1) is 36.5 Å². The lowest BCUT2D eigenvalue weighted by Gasteiger charge is -2.34. The number of amides is 2. The average Bonchev–Trinajstić information content (AvgIpc) is 3.37. The van der Waals surface area contributed by atoms with Crippen molar-refractivity contribution in [1.29, 1.82) is 0 Å². The highest BCUT2D eigenvalue weighted by molar-refractivity contribution is 5.81. The first-order chi connectivity index (χ1) is 14.5. The van der Waals surface area contributed by atoms with Crippen molar-refractivity contribution < 1.29 is 31.5 Å². The van der Waals surface area contributed by atoms with Crippen LogP contribution >= 0.6 is 0 Å². The highest BCUT2D eigenvalue weighted by atomic mass is 19.4. The van der Waals surface area contributed by atoms with Gasteiger partial charge >= 0.3 is 6.18 Å². The minimum Gasteiger partial charge on any atom is -0.352 e. The molecule has 0 aliphatic heterocycles. The molecule has 0 saturated heterocycles. The average molecular weight is 445 g/mol. The molecule has 2 aromatic rings. The zero-order valence-corrected chi connectivity index (χ0v) is 16.3. The van der Waals surface area contributed by atoms with E-state index >= 15 is 0 Å². The number of aromatic nitrogens is 3. The van der Waals surface area contributed by atoms with E-state index in [2.05, 4.69) is 20.7 Å². The summed E-state index contributed by atoms with van der Waals surface area (Å²) in [6, 6.07) is 1.66. The highest BCUT2D eigenvalue weighted by Gasteiger charge is 2.58. The zero-order chi connectivity index (χ0) is 22.4. The van der Waals surface area contributed by atoms with Gasteiger partial charge in [-0.25, -0.2) is 18.3 Å². The topological polar surface area (TPSA) is 88.4 Å². The number of hydrogen-bond acceptors (Lipinski definition) is 4. The van der Waals surface area contributed by atoms with Crippen LogP contribution in [0.5, 0.6) is 0 Å². The molecule has 12 heteroatoms. The predicted molar refractivity (Wildman–Crippen MR) is 96.6 cm³/mol. The fourth-order valence-corrected chi connectivity index (χ4v) is 3.77. The fraction of sp³-hybridized carbons (Fsp3) is 0.579. The van der Waals surface area contributed by atoms with Crippen LogP contribution in [0.1, 0.15) is 36.9 Å². The van der Waals surface area contributed by atoms with E-state index < -0.39 is 29.8 Å². The molecule has 4 rings (SSSR count). The summed E-state index contributed by atoms with van der Waals surface area (Å²) in [5.74, 6) is -6.55. The maximum atomic E-state index is 12.8. The van der Waals surface area contributed by atoms with Crippen molar-refractivity contribution in [2.45, 2.75) is 50.9 Å². The van der Waals surface area contributed by atoms with E-state index in [9.17, 15) is 31.5 Å². The van der Waals surface area contributed by atoms with Crippen molar-refractivity contribution in [2.75, 3.05) is 0 Å². The molecule has 168 valence electrons. The predicted octanol–water partition coefficient (Wildman–Crippen LogP) is 2.60. The molecule has 2 unspecified atom stereocenters. The zero-order valence-electron chi connectivity index (χ0n) is 16.3. The van der Waals surface area contributed by atoms with Crippen LogP contribution in [0, 0.1) is 17.8 Å². The van der Waals surface area contributed by atoms with Crippen molar-refractivity contribution in [3.63, 3.8) is 0 Å². The van der Waals surface area contributed by atoms with Crippen LogP contribution in [0.2, 0.25) is 0 Å². The molecule has 31 heavy (non-hydrogen) atoms. The summed E-state index contributed by atoms with van der Waals surface area (Å²) in [6.45, 7) is 0.131. The number of fused-ring (bicyclic) bond motifs is 1. The van der Waals surface area contributed by atoms with Crippen LogP contribution in [-0.2, 0) is 22.7 Å². The van der Waals surface area contributed by atoms with Gasteiger partial charge in [0.25, 0.3) is 0 Å². The van der Waals surface area contributed by atoms with Crippen molar-refractivity contribution in [3.05, 3.63) is 29.7 Å². The molecule has 2 aliphatic carbocycles. The first-order valence-corrected chi connectivity index (χ1v) is 9.82. The Morgan fingerprint density at radius 1 is 1.19 bits per heavy atom. The quantitative estimate of drug-likeness (QED) is 0.642. The summed E-state index contributed by atoms with van der Waals surface area (Å²) < 4.78 is 64.8. The van der Waals surface area contributed by atoms with Gasteiger partial charge in [-0.1, -0.05) is 0 Å². The lowest BCUT2D eigenvalue weighted by Crippen LogP contribution is -2.38. The van der Waals surface area contributed by atoms with Gasteiger partial charge in [0, 0.05) is 25.8 Å². The Morgan fingerprint density at radius 2 is 1.94 bits per heavy atom. The van der Waals surface area contributed by atoms with Gasteiger partial charge in [0.2, 0.25) is 17.7 Å². The molecule has 0 spiro atoms. The molecule has 2 atom stereocenters. The summed E-state index contributed by atoms with van der Waals surface area (Å²) >= 11 is 0. The number of nitrogens with zero attached hydrogens (tertiary/aromatic N) is 3. The number of carbonyl (C=O) groups is 2. The largest absolute Gasteiger partial charge is 0.392 e. The van der Waals surface area contributed by atoms with Crippen molar-refractivity contribution >= 4 is 17.5 Å². The Labute approximate surface area is 173 Å².